The third-order valence-corrected chi connectivity index (χ3v) is 12.8. The SMILES string of the molecule is CC/C=C\C/C=C\C/C=C\C/C=C\C/C=C\C/C=C\C/C=C\C/C=C\C/C=C\CCCCCCCC(=O)OCC(COC(=O)C/C=C\C/C=C\C/C=C\C/C=C\C/C=C\CC)OC(=O)CCCCCCCCC/C=C\C/C=C\C/C=C\CC. The molecule has 83 heavy (non-hydrogen) atoms. The van der Waals surface area contributed by atoms with E-state index in [4.69, 9.17) is 14.2 Å². The van der Waals surface area contributed by atoms with E-state index in [9.17, 15) is 14.4 Å². The van der Waals surface area contributed by atoms with E-state index in [0.29, 0.717) is 6.42 Å². The Labute approximate surface area is 509 Å². The molecule has 0 N–H and O–H groups in total. The number of esters is 3. The minimum absolute atomic E-state index is 0.110. The van der Waals surface area contributed by atoms with Crippen molar-refractivity contribution in [1.82, 2.24) is 0 Å². The van der Waals surface area contributed by atoms with Crippen molar-refractivity contribution < 1.29 is 28.6 Å². The predicted molar refractivity (Wildman–Crippen MR) is 361 cm³/mol. The van der Waals surface area contributed by atoms with E-state index >= 15 is 0 Å². The number of unbranched alkanes of at least 4 members (excludes halogenated alkanes) is 12. The fourth-order valence-corrected chi connectivity index (χ4v) is 8.05. The third kappa shape index (κ3) is 66.7. The molecular weight excluding hydrogens is 1020 g/mol. The van der Waals surface area contributed by atoms with Crippen LogP contribution >= 0.6 is 0 Å². The normalized spacial score (nSPS) is 13.5. The zero-order valence-corrected chi connectivity index (χ0v) is 52.6. The maximum atomic E-state index is 12.9. The average molecular weight is 1140 g/mol. The van der Waals surface area contributed by atoms with Gasteiger partial charge in [0.2, 0.25) is 0 Å². The van der Waals surface area contributed by atoms with Gasteiger partial charge in [0.1, 0.15) is 13.2 Å². The second kappa shape index (κ2) is 68.5. The second-order valence-electron chi connectivity index (χ2n) is 20.5. The molecule has 0 saturated heterocycles. The molecule has 0 radical (unpaired) electrons. The standard InChI is InChI=1S/C77H116O6/c1-4-7-10-13-16-19-22-25-28-30-31-32-33-34-35-36-37-38-39-40-41-42-43-44-45-47-49-52-55-58-61-64-67-70-76(79)82-73-74(72-81-75(78)69-66-63-60-57-54-51-48-27-24-21-18-15-12-9-6-3)83-77(80)71-68-65-62-59-56-53-50-46-29-26-23-20-17-14-11-8-5-2/h7-12,16-21,25-29,31-32,34-35,37-38,40-41,43-44,47-49,54,57,63,66,74H,4-6,13-15,22-24,30,33,36,39,42,45-46,50-53,55-56,58-62,64-65,67-73H2,1-3H3/b10-7-,11-8-,12-9-,19-16-,20-17-,21-18-,28-25-,29-26-,32-31-,35-34-,38-37-,41-40-,44-43-,48-27-,49-47-,57-54-,66-63-. The van der Waals surface area contributed by atoms with Gasteiger partial charge in [-0.25, -0.2) is 0 Å². The molecule has 6 heteroatoms. The molecule has 0 heterocycles. The van der Waals surface area contributed by atoms with Gasteiger partial charge in [-0.1, -0.05) is 279 Å². The maximum Gasteiger partial charge on any atom is 0.309 e. The zero-order chi connectivity index (χ0) is 59.9. The van der Waals surface area contributed by atoms with Crippen LogP contribution in [0.15, 0.2) is 207 Å². The smallest absolute Gasteiger partial charge is 0.309 e. The lowest BCUT2D eigenvalue weighted by Gasteiger charge is -2.18. The summed E-state index contributed by atoms with van der Waals surface area (Å²) < 4.78 is 16.8. The molecule has 460 valence electrons. The van der Waals surface area contributed by atoms with E-state index in [1.54, 1.807) is 6.08 Å². The molecule has 0 rings (SSSR count). The molecule has 0 amide bonds. The van der Waals surface area contributed by atoms with Crippen molar-refractivity contribution in [3.8, 4) is 0 Å². The van der Waals surface area contributed by atoms with Gasteiger partial charge in [-0.15, -0.1) is 0 Å². The summed E-state index contributed by atoms with van der Waals surface area (Å²) >= 11 is 0. The van der Waals surface area contributed by atoms with E-state index in [-0.39, 0.29) is 38.0 Å². The second-order valence-corrected chi connectivity index (χ2v) is 20.5. The van der Waals surface area contributed by atoms with Crippen LogP contribution in [0.1, 0.15) is 239 Å². The van der Waals surface area contributed by atoms with Gasteiger partial charge in [0.05, 0.1) is 6.42 Å². The Balaban J connectivity index is 4.46. The summed E-state index contributed by atoms with van der Waals surface area (Å²) in [6.45, 7) is 6.17. The Morgan fingerprint density at radius 2 is 0.482 bits per heavy atom. The summed E-state index contributed by atoms with van der Waals surface area (Å²) in [6, 6.07) is 0. The monoisotopic (exact) mass is 1140 g/mol. The van der Waals surface area contributed by atoms with Crippen LogP contribution in [0.2, 0.25) is 0 Å². The molecule has 0 spiro atoms. The van der Waals surface area contributed by atoms with Crippen LogP contribution in [-0.2, 0) is 28.6 Å². The first-order chi connectivity index (χ1) is 41.0. The van der Waals surface area contributed by atoms with Crippen molar-refractivity contribution in [2.24, 2.45) is 0 Å². The third-order valence-electron chi connectivity index (χ3n) is 12.8. The summed E-state index contributed by atoms with van der Waals surface area (Å²) in [6.07, 6.45) is 106. The number of allylic oxidation sites excluding steroid dienone is 33. The van der Waals surface area contributed by atoms with Gasteiger partial charge < -0.3 is 14.2 Å². The molecule has 0 aromatic carbocycles. The average Bonchev–Trinajstić information content (AvgIpc) is 3.49. The highest BCUT2D eigenvalue weighted by atomic mass is 16.6. The Kier molecular flexibility index (Phi) is 63.5. The van der Waals surface area contributed by atoms with Crippen LogP contribution in [0.25, 0.3) is 0 Å². The summed E-state index contributed by atoms with van der Waals surface area (Å²) in [5.41, 5.74) is 0. The van der Waals surface area contributed by atoms with Gasteiger partial charge in [0.15, 0.2) is 6.10 Å². The Morgan fingerprint density at radius 3 is 0.783 bits per heavy atom. The zero-order valence-electron chi connectivity index (χ0n) is 52.6. The fourth-order valence-electron chi connectivity index (χ4n) is 8.05. The van der Waals surface area contributed by atoms with Gasteiger partial charge in [-0.3, -0.25) is 14.4 Å². The molecular formula is C77H116O6. The lowest BCUT2D eigenvalue weighted by Crippen LogP contribution is -2.30. The van der Waals surface area contributed by atoms with Crippen molar-refractivity contribution in [2.75, 3.05) is 13.2 Å². The first-order valence-corrected chi connectivity index (χ1v) is 32.6. The number of carbonyl (C=O) groups is 3. The highest BCUT2D eigenvalue weighted by Gasteiger charge is 2.19. The van der Waals surface area contributed by atoms with Gasteiger partial charge in [0, 0.05) is 12.8 Å². The van der Waals surface area contributed by atoms with E-state index in [1.807, 2.05) is 6.08 Å². The summed E-state index contributed by atoms with van der Waals surface area (Å²) in [5, 5.41) is 0. The first kappa shape index (κ1) is 77.0. The van der Waals surface area contributed by atoms with Crippen LogP contribution in [-0.4, -0.2) is 37.2 Å². The topological polar surface area (TPSA) is 78.9 Å². The van der Waals surface area contributed by atoms with Crippen LogP contribution in [0.5, 0.6) is 0 Å². The van der Waals surface area contributed by atoms with Gasteiger partial charge in [0.25, 0.3) is 0 Å². The van der Waals surface area contributed by atoms with Crippen LogP contribution in [0.4, 0.5) is 0 Å². The van der Waals surface area contributed by atoms with Gasteiger partial charge in [-0.05, 0) is 148 Å². The molecule has 0 aromatic rings. The van der Waals surface area contributed by atoms with Gasteiger partial charge >= 0.3 is 17.9 Å². The number of hydrogen-bond acceptors (Lipinski definition) is 6. The highest BCUT2D eigenvalue weighted by Crippen LogP contribution is 2.13. The predicted octanol–water partition coefficient (Wildman–Crippen LogP) is 22.8. The number of rotatable bonds is 56. The Morgan fingerprint density at radius 1 is 0.253 bits per heavy atom. The van der Waals surface area contributed by atoms with E-state index < -0.39 is 12.1 Å². The Bertz CT molecular complexity index is 2030. The fraction of sp³-hybridized carbons (Fsp3) is 0.519. The molecule has 0 saturated carbocycles. The van der Waals surface area contributed by atoms with Crippen molar-refractivity contribution in [2.45, 2.75) is 245 Å². The molecule has 0 aliphatic rings. The number of ether oxygens (including phenoxy) is 3. The van der Waals surface area contributed by atoms with E-state index in [1.165, 1.54) is 19.3 Å². The van der Waals surface area contributed by atoms with Crippen molar-refractivity contribution in [3.63, 3.8) is 0 Å². The summed E-state index contributed by atoms with van der Waals surface area (Å²) in [4.78, 5) is 38.3. The lowest BCUT2D eigenvalue weighted by atomic mass is 10.1. The number of carbonyl (C=O) groups excluding carboxylic acids is 3. The maximum absolute atomic E-state index is 12.9. The van der Waals surface area contributed by atoms with Crippen LogP contribution < -0.4 is 0 Å². The highest BCUT2D eigenvalue weighted by molar-refractivity contribution is 5.72. The number of hydrogen-bond donors (Lipinski definition) is 0. The molecule has 0 aliphatic carbocycles. The molecule has 0 aromatic heterocycles. The van der Waals surface area contributed by atoms with E-state index in [0.717, 1.165) is 180 Å². The molecule has 1 unspecified atom stereocenters. The molecule has 1 atom stereocenters. The van der Waals surface area contributed by atoms with Crippen molar-refractivity contribution >= 4 is 17.9 Å². The van der Waals surface area contributed by atoms with Gasteiger partial charge in [-0.2, -0.15) is 0 Å². The molecule has 0 bridgehead atoms. The lowest BCUT2D eigenvalue weighted by molar-refractivity contribution is -0.166. The summed E-state index contributed by atoms with van der Waals surface area (Å²) in [7, 11) is 0. The van der Waals surface area contributed by atoms with Crippen molar-refractivity contribution in [1.29, 1.82) is 0 Å². The minimum Gasteiger partial charge on any atom is -0.462 e. The molecule has 0 fully saturated rings. The minimum atomic E-state index is -0.846. The molecule has 6 nitrogen and oxygen atoms in total. The van der Waals surface area contributed by atoms with E-state index in [2.05, 4.69) is 215 Å². The van der Waals surface area contributed by atoms with Crippen molar-refractivity contribution in [3.05, 3.63) is 207 Å². The largest absolute Gasteiger partial charge is 0.462 e. The Hall–Kier alpha value is -6.01. The van der Waals surface area contributed by atoms with Crippen LogP contribution in [0.3, 0.4) is 0 Å². The quantitative estimate of drug-likeness (QED) is 0.0261. The molecule has 0 aliphatic heterocycles. The summed E-state index contributed by atoms with van der Waals surface area (Å²) in [5.74, 6) is -1.11. The van der Waals surface area contributed by atoms with Crippen LogP contribution in [0, 0.1) is 0 Å². The first-order valence-electron chi connectivity index (χ1n) is 32.6.